The molecule has 2 aliphatic heterocycles. The zero-order chi connectivity index (χ0) is 16.8. The molecule has 0 unspecified atom stereocenters. The Morgan fingerprint density at radius 3 is 2.88 bits per heavy atom. The molecule has 1 fully saturated rings. The van der Waals surface area contributed by atoms with Crippen LogP contribution in [-0.2, 0) is 24.9 Å². The number of hydrogen-bond donors (Lipinski definition) is 1. The Balaban J connectivity index is 1.46. The first-order valence-electron chi connectivity index (χ1n) is 8.09. The van der Waals surface area contributed by atoms with Gasteiger partial charge >= 0.3 is 0 Å². The number of nitrogens with two attached hydrogens (primary N) is 1. The predicted molar refractivity (Wildman–Crippen MR) is 83.9 cm³/mol. The first kappa shape index (κ1) is 15.7. The minimum absolute atomic E-state index is 0.167. The maximum absolute atomic E-state index is 14.0. The summed E-state index contributed by atoms with van der Waals surface area (Å²) in [4.78, 5) is 2.31. The lowest BCUT2D eigenvalue weighted by molar-refractivity contribution is -0.0534. The molecule has 0 radical (unpaired) electrons. The summed E-state index contributed by atoms with van der Waals surface area (Å²) in [6, 6.07) is 3.20. The van der Waals surface area contributed by atoms with Crippen molar-refractivity contribution in [2.75, 3.05) is 6.61 Å². The summed E-state index contributed by atoms with van der Waals surface area (Å²) in [5.41, 5.74) is 8.88. The van der Waals surface area contributed by atoms with Crippen LogP contribution in [0.25, 0.3) is 0 Å². The molecule has 128 valence electrons. The highest BCUT2D eigenvalue weighted by atomic mass is 19.1. The molecule has 3 heterocycles. The Morgan fingerprint density at radius 1 is 1.29 bits per heavy atom. The topological polar surface area (TPSA) is 56.3 Å². The lowest BCUT2D eigenvalue weighted by atomic mass is 9.93. The quantitative estimate of drug-likeness (QED) is 0.911. The number of hydrogen-bond acceptors (Lipinski definition) is 4. The minimum atomic E-state index is -0.608. The molecule has 2 aromatic rings. The fourth-order valence-electron chi connectivity index (χ4n) is 3.72. The lowest BCUT2D eigenvalue weighted by Crippen LogP contribution is -2.47. The fraction of sp³-hybridized carbons (Fsp3) is 0.471. The summed E-state index contributed by atoms with van der Waals surface area (Å²) in [6.45, 7) is 2.09. The number of rotatable bonds is 2. The second-order valence-electron chi connectivity index (χ2n) is 6.62. The molecule has 5 nitrogen and oxygen atoms in total. The maximum atomic E-state index is 14.0. The van der Waals surface area contributed by atoms with Gasteiger partial charge in [0.05, 0.1) is 18.5 Å². The Bertz CT molecular complexity index is 763. The van der Waals surface area contributed by atoms with Crippen LogP contribution < -0.4 is 5.73 Å². The first-order valence-corrected chi connectivity index (χ1v) is 8.09. The molecule has 0 aliphatic carbocycles. The van der Waals surface area contributed by atoms with Gasteiger partial charge in [-0.15, -0.1) is 0 Å². The summed E-state index contributed by atoms with van der Waals surface area (Å²) >= 11 is 0. The highest BCUT2D eigenvalue weighted by molar-refractivity contribution is 5.24. The van der Waals surface area contributed by atoms with E-state index < -0.39 is 17.7 Å². The van der Waals surface area contributed by atoms with Gasteiger partial charge in [-0.3, -0.25) is 9.58 Å². The van der Waals surface area contributed by atoms with Crippen molar-refractivity contribution in [1.82, 2.24) is 14.7 Å². The molecular weight excluding hydrogens is 314 g/mol. The summed E-state index contributed by atoms with van der Waals surface area (Å²) in [7, 11) is 1.94. The molecule has 3 atom stereocenters. The summed E-state index contributed by atoms with van der Waals surface area (Å²) < 4.78 is 35.2. The minimum Gasteiger partial charge on any atom is -0.370 e. The van der Waals surface area contributed by atoms with Crippen molar-refractivity contribution in [2.45, 2.75) is 37.7 Å². The Labute approximate surface area is 139 Å². The molecule has 1 aromatic heterocycles. The third-order valence-electron chi connectivity index (χ3n) is 5.06. The van der Waals surface area contributed by atoms with Crippen molar-refractivity contribution in [3.63, 3.8) is 0 Å². The van der Waals surface area contributed by atoms with Gasteiger partial charge in [0.2, 0.25) is 0 Å². The van der Waals surface area contributed by atoms with Crippen LogP contribution in [0, 0.1) is 11.6 Å². The van der Waals surface area contributed by atoms with Gasteiger partial charge in [0.15, 0.2) is 0 Å². The molecule has 24 heavy (non-hydrogen) atoms. The summed E-state index contributed by atoms with van der Waals surface area (Å²) in [5.74, 6) is -0.957. The van der Waals surface area contributed by atoms with Gasteiger partial charge in [0.1, 0.15) is 17.7 Å². The van der Waals surface area contributed by atoms with E-state index in [1.165, 1.54) is 17.3 Å². The number of fused-ring (bicyclic) bond motifs is 1. The highest BCUT2D eigenvalue weighted by Crippen LogP contribution is 2.34. The van der Waals surface area contributed by atoms with Gasteiger partial charge in [0.25, 0.3) is 0 Å². The van der Waals surface area contributed by atoms with E-state index in [4.69, 9.17) is 10.5 Å². The van der Waals surface area contributed by atoms with Gasteiger partial charge in [0, 0.05) is 43.3 Å². The number of nitrogens with zero attached hydrogens (tertiary/aromatic N) is 3. The van der Waals surface area contributed by atoms with Gasteiger partial charge in [-0.2, -0.15) is 5.10 Å². The third kappa shape index (κ3) is 2.62. The summed E-state index contributed by atoms with van der Waals surface area (Å²) in [5, 5.41) is 4.26. The number of benzene rings is 1. The molecule has 4 rings (SSSR count). The van der Waals surface area contributed by atoms with Gasteiger partial charge in [-0.05, 0) is 24.6 Å². The zero-order valence-electron chi connectivity index (χ0n) is 13.5. The van der Waals surface area contributed by atoms with Crippen molar-refractivity contribution in [1.29, 1.82) is 0 Å². The largest absolute Gasteiger partial charge is 0.370 e. The lowest BCUT2D eigenvalue weighted by Gasteiger charge is -2.38. The van der Waals surface area contributed by atoms with Crippen LogP contribution in [0.2, 0.25) is 0 Å². The van der Waals surface area contributed by atoms with E-state index >= 15 is 0 Å². The smallest absolute Gasteiger partial charge is 0.129 e. The average Bonchev–Trinajstić information content (AvgIpc) is 3.12. The van der Waals surface area contributed by atoms with E-state index in [-0.39, 0.29) is 17.6 Å². The molecule has 0 spiro atoms. The fourth-order valence-corrected chi connectivity index (χ4v) is 3.72. The van der Waals surface area contributed by atoms with Gasteiger partial charge in [-0.25, -0.2) is 8.78 Å². The average molecular weight is 334 g/mol. The van der Waals surface area contributed by atoms with Crippen molar-refractivity contribution < 1.29 is 13.5 Å². The van der Waals surface area contributed by atoms with E-state index in [9.17, 15) is 8.78 Å². The van der Waals surface area contributed by atoms with Crippen LogP contribution in [0.15, 0.2) is 24.4 Å². The molecule has 1 aromatic carbocycles. The number of ether oxygens (including phenoxy) is 1. The van der Waals surface area contributed by atoms with Crippen molar-refractivity contribution >= 4 is 0 Å². The number of aromatic nitrogens is 2. The normalized spacial score (nSPS) is 27.4. The van der Waals surface area contributed by atoms with Gasteiger partial charge in [-0.1, -0.05) is 0 Å². The maximum Gasteiger partial charge on any atom is 0.129 e. The number of aryl methyl sites for hydroxylation is 1. The monoisotopic (exact) mass is 334 g/mol. The van der Waals surface area contributed by atoms with Crippen LogP contribution in [0.1, 0.15) is 29.3 Å². The molecule has 2 aliphatic rings. The molecule has 0 saturated carbocycles. The second kappa shape index (κ2) is 5.91. The third-order valence-corrected chi connectivity index (χ3v) is 5.06. The Kier molecular flexibility index (Phi) is 3.86. The Morgan fingerprint density at radius 2 is 2.12 bits per heavy atom. The highest BCUT2D eigenvalue weighted by Gasteiger charge is 2.37. The van der Waals surface area contributed by atoms with E-state index in [1.54, 1.807) is 0 Å². The molecule has 7 heteroatoms. The standard InChI is InChI=1S/C17H20F2N4O/c1-22-16-8-23(7-10(16)6-21-22)12-5-15(20)17(24-9-12)13-4-11(18)2-3-14(13)19/h2-4,6,12,15,17H,5,7-9,20H2,1H3/t12-,15-,17+/m0/s1. The zero-order valence-corrected chi connectivity index (χ0v) is 13.5. The van der Waals surface area contributed by atoms with Crippen molar-refractivity contribution in [2.24, 2.45) is 12.8 Å². The SMILES string of the molecule is Cn1ncc2c1CN([C@@H]1CO[C@H](c3cc(F)ccc3F)[C@@H](N)C1)C2. The van der Waals surface area contributed by atoms with Crippen LogP contribution in [0.4, 0.5) is 8.78 Å². The predicted octanol–water partition coefficient (Wildman–Crippen LogP) is 1.87. The van der Waals surface area contributed by atoms with Crippen LogP contribution in [0.5, 0.6) is 0 Å². The van der Waals surface area contributed by atoms with Crippen LogP contribution in [0.3, 0.4) is 0 Å². The molecule has 2 N–H and O–H groups in total. The van der Waals surface area contributed by atoms with E-state index in [0.717, 1.165) is 25.2 Å². The van der Waals surface area contributed by atoms with Crippen LogP contribution in [-0.4, -0.2) is 33.4 Å². The molecule has 0 amide bonds. The Hall–Kier alpha value is -1.83. The molecule has 1 saturated heterocycles. The van der Waals surface area contributed by atoms with Gasteiger partial charge < -0.3 is 10.5 Å². The first-order chi connectivity index (χ1) is 11.5. The van der Waals surface area contributed by atoms with E-state index in [1.807, 2.05) is 17.9 Å². The summed E-state index contributed by atoms with van der Waals surface area (Å²) in [6.07, 6.45) is 1.97. The number of halogens is 2. The molecule has 0 bridgehead atoms. The molecular formula is C17H20F2N4O. The van der Waals surface area contributed by atoms with Crippen molar-refractivity contribution in [3.05, 3.63) is 52.9 Å². The van der Waals surface area contributed by atoms with E-state index in [2.05, 4.69) is 10.00 Å². The van der Waals surface area contributed by atoms with Crippen molar-refractivity contribution in [3.8, 4) is 0 Å². The second-order valence-corrected chi connectivity index (χ2v) is 6.62. The van der Waals surface area contributed by atoms with Crippen LogP contribution >= 0.6 is 0 Å². The van der Waals surface area contributed by atoms with E-state index in [0.29, 0.717) is 13.0 Å².